The van der Waals surface area contributed by atoms with E-state index in [-0.39, 0.29) is 11.9 Å². The van der Waals surface area contributed by atoms with Crippen molar-refractivity contribution in [2.45, 2.75) is 31.9 Å². The summed E-state index contributed by atoms with van der Waals surface area (Å²) >= 11 is 0. The largest absolute Gasteiger partial charge is 0.383 e. The van der Waals surface area contributed by atoms with Crippen LogP contribution in [-0.4, -0.2) is 23.2 Å². The third kappa shape index (κ3) is 4.71. The van der Waals surface area contributed by atoms with Gasteiger partial charge < -0.3 is 10.4 Å². The standard InChI is InChI=1S/C14H17NO2/c1-3-7-11(2)15-14(17)13(16)10-12-8-5-4-6-9-12/h1,4-6,8-9,11,13,16H,7,10H2,2H3,(H,15,17)/t11-,13+/m1/s1. The Balaban J connectivity index is 2.45. The average Bonchev–Trinajstić information content (AvgIpc) is 2.30. The predicted octanol–water partition coefficient (Wildman–Crippen LogP) is 1.12. The zero-order valence-corrected chi connectivity index (χ0v) is 9.89. The van der Waals surface area contributed by atoms with E-state index in [1.165, 1.54) is 0 Å². The molecule has 0 saturated heterocycles. The minimum absolute atomic E-state index is 0.113. The quantitative estimate of drug-likeness (QED) is 0.746. The van der Waals surface area contributed by atoms with E-state index in [0.717, 1.165) is 5.56 Å². The lowest BCUT2D eigenvalue weighted by atomic mass is 10.1. The highest BCUT2D eigenvalue weighted by Crippen LogP contribution is 2.03. The van der Waals surface area contributed by atoms with Crippen LogP contribution in [0.1, 0.15) is 18.9 Å². The van der Waals surface area contributed by atoms with Gasteiger partial charge in [-0.25, -0.2) is 0 Å². The van der Waals surface area contributed by atoms with Gasteiger partial charge in [0, 0.05) is 18.9 Å². The summed E-state index contributed by atoms with van der Waals surface area (Å²) in [5.41, 5.74) is 0.930. The van der Waals surface area contributed by atoms with E-state index < -0.39 is 6.10 Å². The molecule has 3 heteroatoms. The van der Waals surface area contributed by atoms with Crippen molar-refractivity contribution in [2.75, 3.05) is 0 Å². The number of carbonyl (C=O) groups excluding carboxylic acids is 1. The lowest BCUT2D eigenvalue weighted by molar-refractivity contribution is -0.129. The summed E-state index contributed by atoms with van der Waals surface area (Å²) in [4.78, 5) is 11.6. The third-order valence-corrected chi connectivity index (χ3v) is 2.39. The zero-order valence-electron chi connectivity index (χ0n) is 9.89. The molecule has 0 aliphatic heterocycles. The number of aliphatic hydroxyl groups excluding tert-OH is 1. The molecule has 1 amide bonds. The van der Waals surface area contributed by atoms with Gasteiger partial charge in [-0.2, -0.15) is 0 Å². The number of rotatable bonds is 5. The van der Waals surface area contributed by atoms with Crippen LogP contribution >= 0.6 is 0 Å². The third-order valence-electron chi connectivity index (χ3n) is 2.39. The Bertz CT molecular complexity index is 394. The van der Waals surface area contributed by atoms with Crippen molar-refractivity contribution in [3.8, 4) is 12.3 Å². The molecule has 0 spiro atoms. The van der Waals surface area contributed by atoms with Gasteiger partial charge in [0.25, 0.3) is 0 Å². The fourth-order valence-corrected chi connectivity index (χ4v) is 1.50. The Kier molecular flexibility index (Phi) is 5.25. The topological polar surface area (TPSA) is 49.3 Å². The Morgan fingerprint density at radius 1 is 1.47 bits per heavy atom. The van der Waals surface area contributed by atoms with Gasteiger partial charge in [0.1, 0.15) is 6.10 Å². The van der Waals surface area contributed by atoms with Gasteiger partial charge in [0.15, 0.2) is 0 Å². The van der Waals surface area contributed by atoms with E-state index >= 15 is 0 Å². The van der Waals surface area contributed by atoms with Gasteiger partial charge in [0.2, 0.25) is 5.91 Å². The second-order valence-corrected chi connectivity index (χ2v) is 4.02. The molecule has 0 unspecified atom stereocenters. The van der Waals surface area contributed by atoms with E-state index in [1.807, 2.05) is 37.3 Å². The fourth-order valence-electron chi connectivity index (χ4n) is 1.50. The van der Waals surface area contributed by atoms with Gasteiger partial charge in [0.05, 0.1) is 0 Å². The van der Waals surface area contributed by atoms with Crippen LogP contribution in [0.2, 0.25) is 0 Å². The van der Waals surface area contributed by atoms with Gasteiger partial charge in [-0.3, -0.25) is 4.79 Å². The molecule has 0 aliphatic carbocycles. The molecule has 0 bridgehead atoms. The second-order valence-electron chi connectivity index (χ2n) is 4.02. The molecule has 1 aromatic rings. The Hall–Kier alpha value is -1.79. The smallest absolute Gasteiger partial charge is 0.249 e. The number of carbonyl (C=O) groups is 1. The van der Waals surface area contributed by atoms with Crippen molar-refractivity contribution < 1.29 is 9.90 Å². The van der Waals surface area contributed by atoms with Gasteiger partial charge in [-0.1, -0.05) is 30.3 Å². The summed E-state index contributed by atoms with van der Waals surface area (Å²) in [6.45, 7) is 1.81. The van der Waals surface area contributed by atoms with Crippen molar-refractivity contribution in [2.24, 2.45) is 0 Å². The van der Waals surface area contributed by atoms with Crippen LogP contribution in [0.25, 0.3) is 0 Å². The lowest BCUT2D eigenvalue weighted by Crippen LogP contribution is -2.40. The number of terminal acetylenes is 1. The predicted molar refractivity (Wildman–Crippen MR) is 67.2 cm³/mol. The molecule has 0 radical (unpaired) electrons. The van der Waals surface area contributed by atoms with Crippen LogP contribution in [0.3, 0.4) is 0 Å². The maximum atomic E-state index is 11.6. The van der Waals surface area contributed by atoms with Crippen molar-refractivity contribution in [1.29, 1.82) is 0 Å². The molecule has 17 heavy (non-hydrogen) atoms. The number of aliphatic hydroxyl groups is 1. The first kappa shape index (κ1) is 13.3. The molecule has 2 atom stereocenters. The van der Waals surface area contributed by atoms with Gasteiger partial charge in [-0.15, -0.1) is 12.3 Å². The summed E-state index contributed by atoms with van der Waals surface area (Å²) in [6.07, 6.45) is 4.89. The molecular weight excluding hydrogens is 214 g/mol. The first-order chi connectivity index (χ1) is 8.13. The molecule has 3 nitrogen and oxygen atoms in total. The first-order valence-electron chi connectivity index (χ1n) is 5.59. The van der Waals surface area contributed by atoms with Crippen LogP contribution in [0.15, 0.2) is 30.3 Å². The summed E-state index contributed by atoms with van der Waals surface area (Å²) < 4.78 is 0. The minimum atomic E-state index is -1.03. The molecular formula is C14H17NO2. The second kappa shape index (κ2) is 6.72. The summed E-state index contributed by atoms with van der Waals surface area (Å²) in [7, 11) is 0. The SMILES string of the molecule is C#CC[C@@H](C)NC(=O)[C@@H](O)Cc1ccccc1. The summed E-state index contributed by atoms with van der Waals surface area (Å²) in [5, 5.41) is 12.4. The van der Waals surface area contributed by atoms with E-state index in [4.69, 9.17) is 6.42 Å². The molecule has 0 heterocycles. The van der Waals surface area contributed by atoms with Crippen LogP contribution in [-0.2, 0) is 11.2 Å². The molecule has 0 saturated carbocycles. The number of hydrogen-bond donors (Lipinski definition) is 2. The first-order valence-corrected chi connectivity index (χ1v) is 5.59. The molecule has 1 rings (SSSR count). The van der Waals surface area contributed by atoms with Gasteiger partial charge in [-0.05, 0) is 12.5 Å². The number of nitrogens with one attached hydrogen (secondary N) is 1. The molecule has 1 aromatic carbocycles. The Labute approximate surface area is 102 Å². The van der Waals surface area contributed by atoms with Crippen molar-refractivity contribution in [3.63, 3.8) is 0 Å². The van der Waals surface area contributed by atoms with E-state index in [9.17, 15) is 9.90 Å². The van der Waals surface area contributed by atoms with Crippen LogP contribution in [0.5, 0.6) is 0 Å². The van der Waals surface area contributed by atoms with Crippen molar-refractivity contribution in [1.82, 2.24) is 5.32 Å². The summed E-state index contributed by atoms with van der Waals surface area (Å²) in [5.74, 6) is 2.09. The highest BCUT2D eigenvalue weighted by molar-refractivity contribution is 5.81. The van der Waals surface area contributed by atoms with Crippen LogP contribution in [0.4, 0.5) is 0 Å². The number of benzene rings is 1. The lowest BCUT2D eigenvalue weighted by Gasteiger charge is -2.15. The van der Waals surface area contributed by atoms with Gasteiger partial charge >= 0.3 is 0 Å². The maximum absolute atomic E-state index is 11.6. The average molecular weight is 231 g/mol. The van der Waals surface area contributed by atoms with E-state index in [0.29, 0.717) is 12.8 Å². The molecule has 90 valence electrons. The summed E-state index contributed by atoms with van der Waals surface area (Å²) in [6, 6.07) is 9.29. The minimum Gasteiger partial charge on any atom is -0.383 e. The molecule has 0 aromatic heterocycles. The van der Waals surface area contributed by atoms with Crippen LogP contribution < -0.4 is 5.32 Å². The molecule has 0 fully saturated rings. The fraction of sp³-hybridized carbons (Fsp3) is 0.357. The molecule has 2 N–H and O–H groups in total. The van der Waals surface area contributed by atoms with Crippen molar-refractivity contribution in [3.05, 3.63) is 35.9 Å². The highest BCUT2D eigenvalue weighted by atomic mass is 16.3. The Morgan fingerprint density at radius 3 is 2.71 bits per heavy atom. The highest BCUT2D eigenvalue weighted by Gasteiger charge is 2.16. The number of amides is 1. The number of hydrogen-bond acceptors (Lipinski definition) is 2. The normalized spacial score (nSPS) is 13.5. The zero-order chi connectivity index (χ0) is 12.7. The van der Waals surface area contributed by atoms with E-state index in [2.05, 4.69) is 11.2 Å². The van der Waals surface area contributed by atoms with Crippen LogP contribution in [0, 0.1) is 12.3 Å². The Morgan fingerprint density at radius 2 is 2.12 bits per heavy atom. The van der Waals surface area contributed by atoms with E-state index in [1.54, 1.807) is 0 Å². The van der Waals surface area contributed by atoms with Crippen molar-refractivity contribution >= 4 is 5.91 Å². The maximum Gasteiger partial charge on any atom is 0.249 e. The monoisotopic (exact) mass is 231 g/mol. The molecule has 0 aliphatic rings.